The molecule has 1 saturated heterocycles. The molecule has 1 aliphatic heterocycles. The fourth-order valence-corrected chi connectivity index (χ4v) is 3.43. The van der Waals surface area contributed by atoms with Crippen LogP contribution in [0.1, 0.15) is 30.3 Å². The van der Waals surface area contributed by atoms with Crippen LogP contribution in [0, 0.1) is 0 Å². The van der Waals surface area contributed by atoms with Gasteiger partial charge in [0.15, 0.2) is 0 Å². The molecule has 1 aliphatic rings. The lowest BCUT2D eigenvalue weighted by molar-refractivity contribution is -0.139. The summed E-state index contributed by atoms with van der Waals surface area (Å²) < 4.78 is 5.84. The average molecular weight is 349 g/mol. The summed E-state index contributed by atoms with van der Waals surface area (Å²) in [5, 5.41) is 0. The number of carbonyl (C=O) groups is 1. The summed E-state index contributed by atoms with van der Waals surface area (Å²) in [6.45, 7) is 1.90. The number of carbonyl (C=O) groups excluding carboxylic acids is 1. The van der Waals surface area contributed by atoms with Gasteiger partial charge < -0.3 is 14.6 Å². The Bertz CT molecular complexity index is 842. The number of aryl methyl sites for hydroxylation is 1. The van der Waals surface area contributed by atoms with Gasteiger partial charge in [0.25, 0.3) is 0 Å². The Labute approximate surface area is 153 Å². The van der Waals surface area contributed by atoms with E-state index in [1.807, 2.05) is 47.4 Å². The molecule has 26 heavy (non-hydrogen) atoms. The molecule has 1 N–H and O–H groups in total. The highest BCUT2D eigenvalue weighted by Gasteiger charge is 2.24. The number of amides is 1. The Morgan fingerprint density at radius 1 is 1.15 bits per heavy atom. The van der Waals surface area contributed by atoms with Crippen molar-refractivity contribution in [3.63, 3.8) is 0 Å². The van der Waals surface area contributed by atoms with E-state index in [1.165, 1.54) is 0 Å². The van der Waals surface area contributed by atoms with Crippen LogP contribution in [-0.4, -0.2) is 40.5 Å². The Kier molecular flexibility index (Phi) is 4.97. The lowest BCUT2D eigenvalue weighted by Crippen LogP contribution is -2.42. The van der Waals surface area contributed by atoms with Crippen LogP contribution >= 0.6 is 0 Å². The minimum atomic E-state index is -0.0238. The maximum Gasteiger partial charge on any atom is 0.222 e. The number of imidazole rings is 1. The van der Waals surface area contributed by atoms with E-state index in [-0.39, 0.29) is 12.0 Å². The maximum atomic E-state index is 12.6. The SMILES string of the molecule is O=C(CCCc1nc2ccccc2[nH]1)N1CCO[C@H](c2ccccc2)C1. The van der Waals surface area contributed by atoms with Crippen LogP contribution in [0.5, 0.6) is 0 Å². The molecule has 5 nitrogen and oxygen atoms in total. The molecule has 1 fully saturated rings. The summed E-state index contributed by atoms with van der Waals surface area (Å²) in [5.74, 6) is 1.15. The zero-order valence-electron chi connectivity index (χ0n) is 14.7. The number of nitrogens with zero attached hydrogens (tertiary/aromatic N) is 2. The molecule has 0 aliphatic carbocycles. The van der Waals surface area contributed by atoms with Crippen LogP contribution in [0.25, 0.3) is 11.0 Å². The van der Waals surface area contributed by atoms with Gasteiger partial charge in [0.2, 0.25) is 5.91 Å². The third-order valence-electron chi connectivity index (χ3n) is 4.83. The first kappa shape index (κ1) is 16.8. The first-order valence-electron chi connectivity index (χ1n) is 9.17. The van der Waals surface area contributed by atoms with E-state index in [9.17, 15) is 4.79 Å². The van der Waals surface area contributed by atoms with E-state index < -0.39 is 0 Å². The summed E-state index contributed by atoms with van der Waals surface area (Å²) in [6.07, 6.45) is 2.10. The fraction of sp³-hybridized carbons (Fsp3) is 0.333. The minimum absolute atomic E-state index is 0.0238. The van der Waals surface area contributed by atoms with Crippen LogP contribution in [0.15, 0.2) is 54.6 Å². The number of hydrogen-bond donors (Lipinski definition) is 1. The molecule has 134 valence electrons. The zero-order chi connectivity index (χ0) is 17.8. The molecule has 1 aromatic heterocycles. The number of H-pyrrole nitrogens is 1. The third kappa shape index (κ3) is 3.78. The second kappa shape index (κ2) is 7.70. The Morgan fingerprint density at radius 2 is 1.96 bits per heavy atom. The highest BCUT2D eigenvalue weighted by molar-refractivity contribution is 5.76. The maximum absolute atomic E-state index is 12.6. The van der Waals surface area contributed by atoms with E-state index in [0.29, 0.717) is 26.1 Å². The fourth-order valence-electron chi connectivity index (χ4n) is 3.43. The van der Waals surface area contributed by atoms with E-state index in [1.54, 1.807) is 0 Å². The number of aromatic nitrogens is 2. The van der Waals surface area contributed by atoms with E-state index >= 15 is 0 Å². The number of ether oxygens (including phenoxy) is 1. The Hall–Kier alpha value is -2.66. The number of hydrogen-bond acceptors (Lipinski definition) is 3. The average Bonchev–Trinajstić information content (AvgIpc) is 3.11. The summed E-state index contributed by atoms with van der Waals surface area (Å²) in [4.78, 5) is 22.4. The summed E-state index contributed by atoms with van der Waals surface area (Å²) in [7, 11) is 0. The smallest absolute Gasteiger partial charge is 0.222 e. The molecule has 4 rings (SSSR count). The predicted molar refractivity (Wildman–Crippen MR) is 101 cm³/mol. The van der Waals surface area contributed by atoms with Crippen LogP contribution in [0.2, 0.25) is 0 Å². The lowest BCUT2D eigenvalue weighted by atomic mass is 10.1. The van der Waals surface area contributed by atoms with E-state index in [2.05, 4.69) is 22.1 Å². The molecule has 1 atom stereocenters. The molecule has 0 radical (unpaired) electrons. The van der Waals surface area contributed by atoms with Crippen molar-refractivity contribution < 1.29 is 9.53 Å². The van der Waals surface area contributed by atoms with Crippen LogP contribution in [0.3, 0.4) is 0 Å². The van der Waals surface area contributed by atoms with Gasteiger partial charge in [-0.15, -0.1) is 0 Å². The number of aromatic amines is 1. The molecule has 2 aromatic carbocycles. The largest absolute Gasteiger partial charge is 0.370 e. The van der Waals surface area contributed by atoms with Gasteiger partial charge in [-0.25, -0.2) is 4.98 Å². The van der Waals surface area contributed by atoms with Crippen molar-refractivity contribution >= 4 is 16.9 Å². The van der Waals surface area contributed by atoms with Crippen LogP contribution in [-0.2, 0) is 16.0 Å². The van der Waals surface area contributed by atoms with Crippen molar-refractivity contribution in [2.24, 2.45) is 0 Å². The minimum Gasteiger partial charge on any atom is -0.370 e. The molecule has 5 heteroatoms. The first-order chi connectivity index (χ1) is 12.8. The molecule has 0 saturated carbocycles. The van der Waals surface area contributed by atoms with Gasteiger partial charge in [0, 0.05) is 19.4 Å². The van der Waals surface area contributed by atoms with Crippen molar-refractivity contribution in [1.82, 2.24) is 14.9 Å². The van der Waals surface area contributed by atoms with Crippen molar-refractivity contribution in [3.05, 3.63) is 66.0 Å². The Morgan fingerprint density at radius 3 is 2.81 bits per heavy atom. The van der Waals surface area contributed by atoms with Crippen molar-refractivity contribution in [2.75, 3.05) is 19.7 Å². The standard InChI is InChI=1S/C21H23N3O2/c25-21(12-6-11-20-22-17-9-4-5-10-18(17)23-20)24-13-14-26-19(15-24)16-7-2-1-3-8-16/h1-5,7-10,19H,6,11-15H2,(H,22,23)/t19-/m0/s1. The number of para-hydroxylation sites is 2. The number of benzene rings is 2. The van der Waals surface area contributed by atoms with E-state index in [0.717, 1.165) is 35.3 Å². The quantitative estimate of drug-likeness (QED) is 0.767. The molecular weight excluding hydrogens is 326 g/mol. The summed E-state index contributed by atoms with van der Waals surface area (Å²) in [5.41, 5.74) is 3.16. The van der Waals surface area contributed by atoms with Crippen molar-refractivity contribution in [3.8, 4) is 0 Å². The molecule has 0 bridgehead atoms. The van der Waals surface area contributed by atoms with Gasteiger partial charge in [-0.3, -0.25) is 4.79 Å². The van der Waals surface area contributed by atoms with Gasteiger partial charge >= 0.3 is 0 Å². The lowest BCUT2D eigenvalue weighted by Gasteiger charge is -2.33. The number of nitrogens with one attached hydrogen (secondary N) is 1. The van der Waals surface area contributed by atoms with Gasteiger partial charge in [-0.2, -0.15) is 0 Å². The second-order valence-corrected chi connectivity index (χ2v) is 6.66. The van der Waals surface area contributed by atoms with Gasteiger partial charge in [-0.1, -0.05) is 42.5 Å². The number of rotatable bonds is 5. The highest BCUT2D eigenvalue weighted by Crippen LogP contribution is 2.22. The Balaban J connectivity index is 1.30. The van der Waals surface area contributed by atoms with Gasteiger partial charge in [0.1, 0.15) is 11.9 Å². The monoisotopic (exact) mass is 349 g/mol. The predicted octanol–water partition coefficient (Wildman–Crippen LogP) is 3.49. The van der Waals surface area contributed by atoms with Crippen molar-refractivity contribution in [2.45, 2.75) is 25.4 Å². The molecule has 0 unspecified atom stereocenters. The summed E-state index contributed by atoms with van der Waals surface area (Å²) >= 11 is 0. The number of morpholine rings is 1. The number of fused-ring (bicyclic) bond motifs is 1. The van der Waals surface area contributed by atoms with Crippen molar-refractivity contribution in [1.29, 1.82) is 0 Å². The highest BCUT2D eigenvalue weighted by atomic mass is 16.5. The molecule has 0 spiro atoms. The third-order valence-corrected chi connectivity index (χ3v) is 4.83. The van der Waals surface area contributed by atoms with E-state index in [4.69, 9.17) is 4.74 Å². The van der Waals surface area contributed by atoms with Gasteiger partial charge in [0.05, 0.1) is 24.2 Å². The van der Waals surface area contributed by atoms with Crippen LogP contribution in [0.4, 0.5) is 0 Å². The van der Waals surface area contributed by atoms with Gasteiger partial charge in [-0.05, 0) is 24.1 Å². The second-order valence-electron chi connectivity index (χ2n) is 6.66. The topological polar surface area (TPSA) is 58.2 Å². The molecule has 2 heterocycles. The molecule has 1 amide bonds. The molecular formula is C21H23N3O2. The first-order valence-corrected chi connectivity index (χ1v) is 9.17. The zero-order valence-corrected chi connectivity index (χ0v) is 14.7. The summed E-state index contributed by atoms with van der Waals surface area (Å²) in [6, 6.07) is 18.1. The molecule has 3 aromatic rings. The normalized spacial score (nSPS) is 17.5. The van der Waals surface area contributed by atoms with Crippen LogP contribution < -0.4 is 0 Å².